The van der Waals surface area contributed by atoms with E-state index >= 15 is 0 Å². The van der Waals surface area contributed by atoms with Crippen LogP contribution in [0, 0.1) is 11.8 Å². The SMILES string of the molecule is CC(C)C1CCCCC1NCc1ccno1. The Kier molecular flexibility index (Phi) is 3.99. The maximum absolute atomic E-state index is 5.11. The molecule has 1 saturated carbocycles. The van der Waals surface area contributed by atoms with Crippen molar-refractivity contribution in [3.63, 3.8) is 0 Å². The molecule has 0 spiro atoms. The first kappa shape index (κ1) is 11.6. The average Bonchev–Trinajstić information content (AvgIpc) is 2.79. The lowest BCUT2D eigenvalue weighted by Gasteiger charge is -2.34. The molecular formula is C13H22N2O. The average molecular weight is 222 g/mol. The van der Waals surface area contributed by atoms with Crippen LogP contribution in [-0.4, -0.2) is 11.2 Å². The van der Waals surface area contributed by atoms with Crippen LogP contribution in [0.1, 0.15) is 45.3 Å². The summed E-state index contributed by atoms with van der Waals surface area (Å²) in [6.07, 6.45) is 7.13. The predicted molar refractivity (Wildman–Crippen MR) is 63.9 cm³/mol. The molecule has 0 aromatic carbocycles. The molecule has 1 aromatic heterocycles. The third-order valence-electron chi connectivity index (χ3n) is 3.71. The molecule has 1 N–H and O–H groups in total. The first-order chi connectivity index (χ1) is 7.77. The van der Waals surface area contributed by atoms with Gasteiger partial charge >= 0.3 is 0 Å². The monoisotopic (exact) mass is 222 g/mol. The summed E-state index contributed by atoms with van der Waals surface area (Å²) in [5.74, 6) is 2.53. The van der Waals surface area contributed by atoms with Crippen molar-refractivity contribution in [1.82, 2.24) is 10.5 Å². The number of hydrogen-bond donors (Lipinski definition) is 1. The maximum atomic E-state index is 5.11. The highest BCUT2D eigenvalue weighted by Crippen LogP contribution is 2.30. The van der Waals surface area contributed by atoms with Gasteiger partial charge < -0.3 is 9.84 Å². The molecule has 0 amide bonds. The molecule has 0 bridgehead atoms. The lowest BCUT2D eigenvalue weighted by Crippen LogP contribution is -2.40. The summed E-state index contributed by atoms with van der Waals surface area (Å²) in [5, 5.41) is 7.35. The molecule has 1 fully saturated rings. The van der Waals surface area contributed by atoms with E-state index in [0.717, 1.165) is 24.1 Å². The zero-order valence-electron chi connectivity index (χ0n) is 10.3. The van der Waals surface area contributed by atoms with Crippen LogP contribution in [0.15, 0.2) is 16.8 Å². The summed E-state index contributed by atoms with van der Waals surface area (Å²) < 4.78 is 5.11. The van der Waals surface area contributed by atoms with Gasteiger partial charge in [-0.05, 0) is 24.7 Å². The van der Waals surface area contributed by atoms with Gasteiger partial charge in [-0.25, -0.2) is 0 Å². The van der Waals surface area contributed by atoms with Gasteiger partial charge in [0.2, 0.25) is 0 Å². The van der Waals surface area contributed by atoms with Crippen molar-refractivity contribution < 1.29 is 4.52 Å². The van der Waals surface area contributed by atoms with Gasteiger partial charge in [0.1, 0.15) is 5.76 Å². The summed E-state index contributed by atoms with van der Waals surface area (Å²) in [5.41, 5.74) is 0. The van der Waals surface area contributed by atoms with Gasteiger partial charge in [0.25, 0.3) is 0 Å². The van der Waals surface area contributed by atoms with E-state index in [1.165, 1.54) is 25.7 Å². The Hall–Kier alpha value is -0.830. The smallest absolute Gasteiger partial charge is 0.150 e. The van der Waals surface area contributed by atoms with Gasteiger partial charge in [0.05, 0.1) is 12.7 Å². The molecule has 0 radical (unpaired) electrons. The Balaban J connectivity index is 1.86. The summed E-state index contributed by atoms with van der Waals surface area (Å²) in [6.45, 7) is 5.48. The summed E-state index contributed by atoms with van der Waals surface area (Å²) in [4.78, 5) is 0. The minimum atomic E-state index is 0.652. The molecule has 1 aliphatic carbocycles. The van der Waals surface area contributed by atoms with Crippen LogP contribution in [0.2, 0.25) is 0 Å². The topological polar surface area (TPSA) is 38.1 Å². The first-order valence-corrected chi connectivity index (χ1v) is 6.40. The molecule has 2 unspecified atom stereocenters. The van der Waals surface area contributed by atoms with E-state index in [4.69, 9.17) is 4.52 Å². The van der Waals surface area contributed by atoms with E-state index in [-0.39, 0.29) is 0 Å². The highest BCUT2D eigenvalue weighted by Gasteiger charge is 2.27. The predicted octanol–water partition coefficient (Wildman–Crippen LogP) is 2.98. The molecule has 1 aromatic rings. The fraction of sp³-hybridized carbons (Fsp3) is 0.769. The van der Waals surface area contributed by atoms with Crippen LogP contribution < -0.4 is 5.32 Å². The summed E-state index contributed by atoms with van der Waals surface area (Å²) in [7, 11) is 0. The Morgan fingerprint density at radius 1 is 1.44 bits per heavy atom. The van der Waals surface area contributed by atoms with E-state index in [0.29, 0.717) is 6.04 Å². The van der Waals surface area contributed by atoms with Gasteiger partial charge in [-0.15, -0.1) is 0 Å². The molecule has 3 nitrogen and oxygen atoms in total. The molecule has 16 heavy (non-hydrogen) atoms. The van der Waals surface area contributed by atoms with Crippen molar-refractivity contribution in [3.8, 4) is 0 Å². The number of nitrogens with zero attached hydrogens (tertiary/aromatic N) is 1. The number of aromatic nitrogens is 1. The van der Waals surface area contributed by atoms with E-state index in [9.17, 15) is 0 Å². The number of nitrogens with one attached hydrogen (secondary N) is 1. The molecule has 1 heterocycles. The maximum Gasteiger partial charge on any atom is 0.150 e. The largest absolute Gasteiger partial charge is 0.360 e. The quantitative estimate of drug-likeness (QED) is 0.851. The second kappa shape index (κ2) is 5.48. The minimum Gasteiger partial charge on any atom is -0.360 e. The van der Waals surface area contributed by atoms with Crippen LogP contribution in [0.25, 0.3) is 0 Å². The van der Waals surface area contributed by atoms with Crippen molar-refractivity contribution in [3.05, 3.63) is 18.0 Å². The zero-order chi connectivity index (χ0) is 11.4. The van der Waals surface area contributed by atoms with Crippen LogP contribution in [0.3, 0.4) is 0 Å². The molecule has 0 aliphatic heterocycles. The lowest BCUT2D eigenvalue weighted by molar-refractivity contribution is 0.200. The van der Waals surface area contributed by atoms with E-state index in [1.807, 2.05) is 6.07 Å². The van der Waals surface area contributed by atoms with Crippen molar-refractivity contribution in [2.24, 2.45) is 11.8 Å². The van der Waals surface area contributed by atoms with E-state index in [1.54, 1.807) is 6.20 Å². The molecular weight excluding hydrogens is 200 g/mol. The van der Waals surface area contributed by atoms with Crippen molar-refractivity contribution in [1.29, 1.82) is 0 Å². The third-order valence-corrected chi connectivity index (χ3v) is 3.71. The van der Waals surface area contributed by atoms with Crippen LogP contribution in [-0.2, 0) is 6.54 Å². The molecule has 1 aliphatic rings. The van der Waals surface area contributed by atoms with Gasteiger partial charge in [0.15, 0.2) is 0 Å². The Bertz CT molecular complexity index is 295. The van der Waals surface area contributed by atoms with Crippen molar-refractivity contribution >= 4 is 0 Å². The fourth-order valence-corrected chi connectivity index (χ4v) is 2.78. The normalized spacial score (nSPS) is 26.2. The highest BCUT2D eigenvalue weighted by atomic mass is 16.5. The zero-order valence-corrected chi connectivity index (χ0v) is 10.3. The van der Waals surface area contributed by atoms with Gasteiger partial charge in [-0.1, -0.05) is 31.8 Å². The van der Waals surface area contributed by atoms with Crippen LogP contribution in [0.5, 0.6) is 0 Å². The standard InChI is InChI=1S/C13H22N2O/c1-10(2)12-5-3-4-6-13(12)14-9-11-7-8-15-16-11/h7-8,10,12-14H,3-6,9H2,1-2H3. The molecule has 0 saturated heterocycles. The second-order valence-corrected chi connectivity index (χ2v) is 5.16. The summed E-state index contributed by atoms with van der Waals surface area (Å²) in [6, 6.07) is 2.58. The Morgan fingerprint density at radius 3 is 2.94 bits per heavy atom. The fourth-order valence-electron chi connectivity index (χ4n) is 2.78. The third kappa shape index (κ3) is 2.85. The first-order valence-electron chi connectivity index (χ1n) is 6.40. The molecule has 2 rings (SSSR count). The molecule has 90 valence electrons. The number of hydrogen-bond acceptors (Lipinski definition) is 3. The van der Waals surface area contributed by atoms with Crippen LogP contribution in [0.4, 0.5) is 0 Å². The van der Waals surface area contributed by atoms with Crippen LogP contribution >= 0.6 is 0 Å². The minimum absolute atomic E-state index is 0.652. The molecule has 2 atom stereocenters. The van der Waals surface area contributed by atoms with E-state index < -0.39 is 0 Å². The Labute approximate surface area is 97.6 Å². The van der Waals surface area contributed by atoms with Crippen molar-refractivity contribution in [2.45, 2.75) is 52.1 Å². The second-order valence-electron chi connectivity index (χ2n) is 5.16. The van der Waals surface area contributed by atoms with Crippen molar-refractivity contribution in [2.75, 3.05) is 0 Å². The highest BCUT2D eigenvalue weighted by molar-refractivity contribution is 4.93. The molecule has 3 heteroatoms. The van der Waals surface area contributed by atoms with E-state index in [2.05, 4.69) is 24.3 Å². The van der Waals surface area contributed by atoms with Gasteiger partial charge in [0, 0.05) is 12.1 Å². The summed E-state index contributed by atoms with van der Waals surface area (Å²) >= 11 is 0. The van der Waals surface area contributed by atoms with Gasteiger partial charge in [-0.2, -0.15) is 0 Å². The lowest BCUT2D eigenvalue weighted by atomic mass is 9.78. The van der Waals surface area contributed by atoms with Gasteiger partial charge in [-0.3, -0.25) is 0 Å². The Morgan fingerprint density at radius 2 is 2.25 bits per heavy atom. The number of rotatable bonds is 4.